The highest BCUT2D eigenvalue weighted by Crippen LogP contribution is 2.54. The molecule has 0 heterocycles. The first-order valence-corrected chi connectivity index (χ1v) is 7.82. The molecule has 1 atom stereocenters. The third-order valence-electron chi connectivity index (χ3n) is 2.86. The molecule has 1 aliphatic carbocycles. The van der Waals surface area contributed by atoms with Crippen molar-refractivity contribution in [2.75, 3.05) is 23.9 Å². The molecule has 6 heteroatoms. The summed E-state index contributed by atoms with van der Waals surface area (Å²) in [6.07, 6.45) is 0.820. The molecule has 0 spiro atoms. The van der Waals surface area contributed by atoms with E-state index in [0.717, 1.165) is 23.6 Å². The van der Waals surface area contributed by atoms with Gasteiger partial charge in [-0.3, -0.25) is 4.79 Å². The zero-order valence-electron chi connectivity index (χ0n) is 10.5. The molecule has 1 fully saturated rings. The summed E-state index contributed by atoms with van der Waals surface area (Å²) in [5, 5.41) is 2.83. The molecular weight excluding hydrogens is 305 g/mol. The lowest BCUT2D eigenvalue weighted by Gasteiger charge is -2.07. The number of methoxy groups -OCH3 is 1. The van der Waals surface area contributed by atoms with Crippen LogP contribution >= 0.6 is 35.0 Å². The monoisotopic (exact) mass is 319 g/mol. The van der Waals surface area contributed by atoms with Crippen molar-refractivity contribution in [2.45, 2.75) is 10.8 Å². The summed E-state index contributed by atoms with van der Waals surface area (Å²) in [6.45, 7) is 0. The number of ether oxygens (including phenoxy) is 1. The van der Waals surface area contributed by atoms with Crippen LogP contribution in [0.5, 0.6) is 5.75 Å². The molecule has 0 saturated heterocycles. The van der Waals surface area contributed by atoms with Gasteiger partial charge in [0.1, 0.15) is 10.1 Å². The molecule has 3 nitrogen and oxygen atoms in total. The molecule has 0 aliphatic heterocycles. The SMILES string of the molecule is COc1cccc(NC(=O)CSC[C@@H]2CC2(Cl)Cl)c1. The number of thioether (sulfide) groups is 1. The Morgan fingerprint density at radius 1 is 1.58 bits per heavy atom. The molecule has 1 amide bonds. The largest absolute Gasteiger partial charge is 0.497 e. The van der Waals surface area contributed by atoms with E-state index < -0.39 is 4.33 Å². The standard InChI is InChI=1S/C13H15Cl2NO2S/c1-18-11-4-2-3-10(5-11)16-12(17)8-19-7-9-6-13(9,14)15/h2-5,9H,6-8H2,1H3,(H,16,17)/t9-/m0/s1. The van der Waals surface area contributed by atoms with Crippen molar-refractivity contribution in [1.82, 2.24) is 0 Å². The zero-order valence-corrected chi connectivity index (χ0v) is 12.8. The maximum Gasteiger partial charge on any atom is 0.234 e. The van der Waals surface area contributed by atoms with E-state index in [4.69, 9.17) is 27.9 Å². The Labute approximate surface area is 127 Å². The van der Waals surface area contributed by atoms with Gasteiger partial charge in [0.2, 0.25) is 5.91 Å². The molecule has 0 aromatic heterocycles. The molecule has 0 radical (unpaired) electrons. The first-order chi connectivity index (χ1) is 9.01. The topological polar surface area (TPSA) is 38.3 Å². The van der Waals surface area contributed by atoms with Gasteiger partial charge in [-0.15, -0.1) is 23.2 Å². The highest BCUT2D eigenvalue weighted by molar-refractivity contribution is 8.00. The number of hydrogen-bond acceptors (Lipinski definition) is 3. The Hall–Kier alpha value is -0.580. The lowest BCUT2D eigenvalue weighted by Crippen LogP contribution is -2.14. The van der Waals surface area contributed by atoms with Crippen LogP contribution in [-0.4, -0.2) is 28.9 Å². The number of hydrogen-bond donors (Lipinski definition) is 1. The number of nitrogens with one attached hydrogen (secondary N) is 1. The first-order valence-electron chi connectivity index (χ1n) is 5.91. The van der Waals surface area contributed by atoms with E-state index in [-0.39, 0.29) is 5.91 Å². The normalized spacial score (nSPS) is 19.8. The summed E-state index contributed by atoms with van der Waals surface area (Å²) in [6, 6.07) is 7.28. The second kappa shape index (κ2) is 6.25. The van der Waals surface area contributed by atoms with Gasteiger partial charge in [-0.05, 0) is 24.3 Å². The van der Waals surface area contributed by atoms with Crippen LogP contribution in [0.25, 0.3) is 0 Å². The Kier molecular flexibility index (Phi) is 4.87. The van der Waals surface area contributed by atoms with Crippen LogP contribution in [0.15, 0.2) is 24.3 Å². The van der Waals surface area contributed by atoms with Gasteiger partial charge in [-0.2, -0.15) is 11.8 Å². The number of carbonyl (C=O) groups is 1. The van der Waals surface area contributed by atoms with Gasteiger partial charge < -0.3 is 10.1 Å². The van der Waals surface area contributed by atoms with Crippen LogP contribution in [0.4, 0.5) is 5.69 Å². The van der Waals surface area contributed by atoms with Crippen molar-refractivity contribution >= 4 is 46.6 Å². The van der Waals surface area contributed by atoms with Crippen molar-refractivity contribution in [3.63, 3.8) is 0 Å². The second-order valence-electron chi connectivity index (χ2n) is 4.46. The van der Waals surface area contributed by atoms with Gasteiger partial charge >= 0.3 is 0 Å². The summed E-state index contributed by atoms with van der Waals surface area (Å²) in [4.78, 5) is 11.7. The summed E-state index contributed by atoms with van der Waals surface area (Å²) >= 11 is 13.4. The lowest BCUT2D eigenvalue weighted by atomic mass is 10.3. The molecule has 104 valence electrons. The van der Waals surface area contributed by atoms with Crippen molar-refractivity contribution in [1.29, 1.82) is 0 Å². The lowest BCUT2D eigenvalue weighted by molar-refractivity contribution is -0.113. The highest BCUT2D eigenvalue weighted by Gasteiger charge is 2.51. The van der Waals surface area contributed by atoms with E-state index in [2.05, 4.69) is 5.32 Å². The molecule has 1 N–H and O–H groups in total. The van der Waals surface area contributed by atoms with E-state index in [0.29, 0.717) is 11.7 Å². The van der Waals surface area contributed by atoms with Gasteiger partial charge in [0.25, 0.3) is 0 Å². The van der Waals surface area contributed by atoms with E-state index >= 15 is 0 Å². The minimum Gasteiger partial charge on any atom is -0.497 e. The van der Waals surface area contributed by atoms with Crippen LogP contribution in [-0.2, 0) is 4.79 Å². The van der Waals surface area contributed by atoms with Crippen molar-refractivity contribution < 1.29 is 9.53 Å². The summed E-state index contributed by atoms with van der Waals surface area (Å²) in [5.41, 5.74) is 0.736. The smallest absolute Gasteiger partial charge is 0.234 e. The zero-order chi connectivity index (χ0) is 13.9. The van der Waals surface area contributed by atoms with Crippen LogP contribution in [0.1, 0.15) is 6.42 Å². The fraction of sp³-hybridized carbons (Fsp3) is 0.462. The van der Waals surface area contributed by atoms with Crippen LogP contribution in [0.3, 0.4) is 0 Å². The average Bonchev–Trinajstić information content (AvgIpc) is 2.97. The second-order valence-corrected chi connectivity index (χ2v) is 7.03. The minimum absolute atomic E-state index is 0.0337. The third kappa shape index (κ3) is 4.48. The van der Waals surface area contributed by atoms with Crippen molar-refractivity contribution in [2.24, 2.45) is 5.92 Å². The molecule has 0 unspecified atom stereocenters. The first kappa shape index (κ1) is 14.8. The van der Waals surface area contributed by atoms with Crippen molar-refractivity contribution in [3.05, 3.63) is 24.3 Å². The Morgan fingerprint density at radius 3 is 2.95 bits per heavy atom. The molecule has 19 heavy (non-hydrogen) atoms. The fourth-order valence-corrected chi connectivity index (χ4v) is 3.41. The van der Waals surface area contributed by atoms with Gasteiger partial charge in [0.15, 0.2) is 0 Å². The summed E-state index contributed by atoms with van der Waals surface area (Å²) in [7, 11) is 1.59. The average molecular weight is 320 g/mol. The fourth-order valence-electron chi connectivity index (χ4n) is 1.64. The molecule has 2 rings (SSSR count). The van der Waals surface area contributed by atoms with E-state index in [1.165, 1.54) is 0 Å². The highest BCUT2D eigenvalue weighted by atomic mass is 35.5. The number of alkyl halides is 2. The summed E-state index contributed by atoms with van der Waals surface area (Å²) in [5.74, 6) is 2.22. The van der Waals surface area contributed by atoms with Gasteiger partial charge in [-0.1, -0.05) is 6.07 Å². The molecular formula is C13H15Cl2NO2S. The maximum atomic E-state index is 11.7. The number of halogens is 2. The number of benzene rings is 1. The molecule has 1 aromatic rings. The number of anilines is 1. The van der Waals surface area contributed by atoms with E-state index in [9.17, 15) is 4.79 Å². The Balaban J connectivity index is 1.72. The summed E-state index contributed by atoms with van der Waals surface area (Å²) < 4.78 is 4.54. The number of rotatable bonds is 6. The Bertz CT molecular complexity index is 468. The number of carbonyl (C=O) groups excluding carboxylic acids is 1. The van der Waals surface area contributed by atoms with E-state index in [1.54, 1.807) is 24.9 Å². The van der Waals surface area contributed by atoms with Gasteiger partial charge in [0, 0.05) is 17.7 Å². The van der Waals surface area contributed by atoms with Gasteiger partial charge in [-0.25, -0.2) is 0 Å². The molecule has 1 saturated carbocycles. The van der Waals surface area contributed by atoms with E-state index in [1.807, 2.05) is 18.2 Å². The minimum atomic E-state index is -0.559. The van der Waals surface area contributed by atoms with Gasteiger partial charge in [0.05, 0.1) is 12.9 Å². The molecule has 1 aliphatic rings. The van der Waals surface area contributed by atoms with Crippen LogP contribution in [0, 0.1) is 5.92 Å². The Morgan fingerprint density at radius 2 is 2.32 bits per heavy atom. The number of amides is 1. The predicted octanol–water partition coefficient (Wildman–Crippen LogP) is 3.56. The van der Waals surface area contributed by atoms with Crippen molar-refractivity contribution in [3.8, 4) is 5.75 Å². The van der Waals surface area contributed by atoms with Crippen LogP contribution in [0.2, 0.25) is 0 Å². The molecule has 1 aromatic carbocycles. The predicted molar refractivity (Wildman–Crippen MR) is 81.5 cm³/mol. The van der Waals surface area contributed by atoms with Crippen LogP contribution < -0.4 is 10.1 Å². The maximum absolute atomic E-state index is 11.7. The third-order valence-corrected chi connectivity index (χ3v) is 4.89. The quantitative estimate of drug-likeness (QED) is 0.815. The molecule has 0 bridgehead atoms.